The zero-order valence-corrected chi connectivity index (χ0v) is 10.00. The van der Waals surface area contributed by atoms with Gasteiger partial charge in [0.1, 0.15) is 6.61 Å². The first kappa shape index (κ1) is 12.4. The van der Waals surface area contributed by atoms with Gasteiger partial charge in [-0.25, -0.2) is 0 Å². The summed E-state index contributed by atoms with van der Waals surface area (Å²) in [5, 5.41) is 12.4. The molecule has 1 N–H and O–H groups in total. The van der Waals surface area contributed by atoms with Crippen LogP contribution < -0.4 is 9.47 Å². The Kier molecular flexibility index (Phi) is 4.14. The Bertz CT molecular complexity index is 498. The summed E-state index contributed by atoms with van der Waals surface area (Å²) in [7, 11) is 0. The van der Waals surface area contributed by atoms with Crippen LogP contribution in [-0.2, 0) is 6.61 Å². The molecule has 6 heteroatoms. The molecule has 0 saturated carbocycles. The van der Waals surface area contributed by atoms with Crippen molar-refractivity contribution in [3.8, 4) is 11.5 Å². The van der Waals surface area contributed by atoms with E-state index in [0.29, 0.717) is 23.2 Å². The standard InChI is InChI=1S/C12H14N2O4/c1-9-13-12(18-14-9)8-17-11-5-3-2-4-10(11)16-7-6-15/h2-5,15H,6-8H2,1H3. The number of benzene rings is 1. The van der Waals surface area contributed by atoms with Gasteiger partial charge in [-0.3, -0.25) is 0 Å². The highest BCUT2D eigenvalue weighted by Gasteiger charge is 2.07. The van der Waals surface area contributed by atoms with Gasteiger partial charge in [0.25, 0.3) is 5.89 Å². The number of aliphatic hydroxyl groups is 1. The molecule has 0 fully saturated rings. The number of aliphatic hydroxyl groups excluding tert-OH is 1. The van der Waals surface area contributed by atoms with Gasteiger partial charge in [0.15, 0.2) is 23.9 Å². The van der Waals surface area contributed by atoms with Crippen molar-refractivity contribution in [3.05, 3.63) is 36.0 Å². The fourth-order valence-corrected chi connectivity index (χ4v) is 1.38. The Morgan fingerprint density at radius 3 is 2.56 bits per heavy atom. The fraction of sp³-hybridized carbons (Fsp3) is 0.333. The van der Waals surface area contributed by atoms with Crippen LogP contribution in [0.5, 0.6) is 11.5 Å². The Morgan fingerprint density at radius 1 is 1.22 bits per heavy atom. The molecule has 2 rings (SSSR count). The highest BCUT2D eigenvalue weighted by molar-refractivity contribution is 5.39. The molecule has 0 aliphatic rings. The molecule has 18 heavy (non-hydrogen) atoms. The molecule has 0 aliphatic heterocycles. The van der Waals surface area contributed by atoms with Crippen molar-refractivity contribution in [2.75, 3.05) is 13.2 Å². The molecule has 0 unspecified atom stereocenters. The minimum absolute atomic E-state index is 0.0445. The van der Waals surface area contributed by atoms with Crippen molar-refractivity contribution >= 4 is 0 Å². The summed E-state index contributed by atoms with van der Waals surface area (Å²) >= 11 is 0. The number of hydrogen-bond donors (Lipinski definition) is 1. The highest BCUT2D eigenvalue weighted by atomic mass is 16.5. The predicted octanol–water partition coefficient (Wildman–Crippen LogP) is 1.33. The number of aromatic nitrogens is 2. The second-order valence-corrected chi connectivity index (χ2v) is 3.54. The number of nitrogens with zero attached hydrogens (tertiary/aromatic N) is 2. The van der Waals surface area contributed by atoms with Crippen LogP contribution in [0.4, 0.5) is 0 Å². The molecule has 0 radical (unpaired) electrons. The lowest BCUT2D eigenvalue weighted by molar-refractivity contribution is 0.187. The van der Waals surface area contributed by atoms with E-state index in [4.69, 9.17) is 19.1 Å². The summed E-state index contributed by atoms with van der Waals surface area (Å²) in [6, 6.07) is 7.20. The van der Waals surface area contributed by atoms with Gasteiger partial charge in [-0.05, 0) is 19.1 Å². The van der Waals surface area contributed by atoms with Gasteiger partial charge in [0.05, 0.1) is 6.61 Å². The van der Waals surface area contributed by atoms with E-state index in [2.05, 4.69) is 10.1 Å². The van der Waals surface area contributed by atoms with E-state index in [1.54, 1.807) is 19.1 Å². The Hall–Kier alpha value is -2.08. The molecule has 1 aromatic heterocycles. The molecule has 0 saturated heterocycles. The number of rotatable bonds is 6. The molecule has 0 aliphatic carbocycles. The van der Waals surface area contributed by atoms with Gasteiger partial charge < -0.3 is 19.1 Å². The molecule has 6 nitrogen and oxygen atoms in total. The minimum Gasteiger partial charge on any atom is -0.487 e. The maximum atomic E-state index is 8.73. The van der Waals surface area contributed by atoms with E-state index in [1.165, 1.54) is 0 Å². The molecule has 0 spiro atoms. The summed E-state index contributed by atoms with van der Waals surface area (Å²) in [5.74, 6) is 2.12. The zero-order chi connectivity index (χ0) is 12.8. The van der Waals surface area contributed by atoms with Gasteiger partial charge in [-0.1, -0.05) is 17.3 Å². The first-order valence-corrected chi connectivity index (χ1v) is 5.54. The van der Waals surface area contributed by atoms with Gasteiger partial charge in [0, 0.05) is 0 Å². The van der Waals surface area contributed by atoms with Crippen molar-refractivity contribution in [1.82, 2.24) is 10.1 Å². The summed E-state index contributed by atoms with van der Waals surface area (Å²) in [4.78, 5) is 4.03. The smallest absolute Gasteiger partial charge is 0.264 e. The zero-order valence-electron chi connectivity index (χ0n) is 10.00. The van der Waals surface area contributed by atoms with Gasteiger partial charge in [0.2, 0.25) is 0 Å². The predicted molar refractivity (Wildman–Crippen MR) is 62.4 cm³/mol. The minimum atomic E-state index is -0.0445. The topological polar surface area (TPSA) is 77.6 Å². The van der Waals surface area contributed by atoms with Crippen LogP contribution >= 0.6 is 0 Å². The molecule has 2 aromatic rings. The van der Waals surface area contributed by atoms with Crippen molar-refractivity contribution in [2.45, 2.75) is 13.5 Å². The summed E-state index contributed by atoms with van der Waals surface area (Å²) in [6.07, 6.45) is 0. The third-order valence-corrected chi connectivity index (χ3v) is 2.12. The van der Waals surface area contributed by atoms with Crippen molar-refractivity contribution in [2.24, 2.45) is 0 Å². The molecular formula is C12H14N2O4. The molecule has 0 amide bonds. The fourth-order valence-electron chi connectivity index (χ4n) is 1.38. The van der Waals surface area contributed by atoms with Crippen molar-refractivity contribution < 1.29 is 19.1 Å². The maximum Gasteiger partial charge on any atom is 0.264 e. The summed E-state index contributed by atoms with van der Waals surface area (Å²) in [6.45, 7) is 2.10. The normalized spacial score (nSPS) is 10.3. The van der Waals surface area contributed by atoms with Gasteiger partial charge in [-0.15, -0.1) is 0 Å². The average Bonchev–Trinajstić information content (AvgIpc) is 2.81. The third-order valence-electron chi connectivity index (χ3n) is 2.12. The van der Waals surface area contributed by atoms with Crippen molar-refractivity contribution in [1.29, 1.82) is 0 Å². The highest BCUT2D eigenvalue weighted by Crippen LogP contribution is 2.26. The second kappa shape index (κ2) is 6.02. The van der Waals surface area contributed by atoms with E-state index in [1.807, 2.05) is 12.1 Å². The number of ether oxygens (including phenoxy) is 2. The first-order chi connectivity index (χ1) is 8.79. The Labute approximate surface area is 104 Å². The lowest BCUT2D eigenvalue weighted by Crippen LogP contribution is -2.04. The number of para-hydroxylation sites is 2. The largest absolute Gasteiger partial charge is 0.487 e. The maximum absolute atomic E-state index is 8.73. The molecule has 0 bridgehead atoms. The average molecular weight is 250 g/mol. The molecule has 1 aromatic carbocycles. The monoisotopic (exact) mass is 250 g/mol. The molecule has 96 valence electrons. The number of hydrogen-bond acceptors (Lipinski definition) is 6. The van der Waals surface area contributed by atoms with E-state index in [9.17, 15) is 0 Å². The Balaban J connectivity index is 1.99. The van der Waals surface area contributed by atoms with Crippen LogP contribution in [0.1, 0.15) is 11.7 Å². The molecular weight excluding hydrogens is 236 g/mol. The van der Waals surface area contributed by atoms with Crippen LogP contribution in [0, 0.1) is 6.92 Å². The lowest BCUT2D eigenvalue weighted by Gasteiger charge is -2.10. The SMILES string of the molecule is Cc1noc(COc2ccccc2OCCO)n1. The summed E-state index contributed by atoms with van der Waals surface area (Å²) in [5.41, 5.74) is 0. The van der Waals surface area contributed by atoms with Crippen LogP contribution in [-0.4, -0.2) is 28.5 Å². The van der Waals surface area contributed by atoms with E-state index in [0.717, 1.165) is 0 Å². The molecule has 1 heterocycles. The lowest BCUT2D eigenvalue weighted by atomic mass is 10.3. The number of aryl methyl sites for hydroxylation is 1. The van der Waals surface area contributed by atoms with Crippen LogP contribution in [0.25, 0.3) is 0 Å². The third kappa shape index (κ3) is 3.21. The second-order valence-electron chi connectivity index (χ2n) is 3.54. The van der Waals surface area contributed by atoms with Crippen LogP contribution in [0.15, 0.2) is 28.8 Å². The van der Waals surface area contributed by atoms with E-state index < -0.39 is 0 Å². The summed E-state index contributed by atoms with van der Waals surface area (Å²) < 4.78 is 15.8. The van der Waals surface area contributed by atoms with Crippen molar-refractivity contribution in [3.63, 3.8) is 0 Å². The van der Waals surface area contributed by atoms with E-state index in [-0.39, 0.29) is 19.8 Å². The van der Waals surface area contributed by atoms with Crippen LogP contribution in [0.3, 0.4) is 0 Å². The van der Waals surface area contributed by atoms with Gasteiger partial charge >= 0.3 is 0 Å². The van der Waals surface area contributed by atoms with E-state index >= 15 is 0 Å². The van der Waals surface area contributed by atoms with Gasteiger partial charge in [-0.2, -0.15) is 4.98 Å². The molecule has 0 atom stereocenters. The quantitative estimate of drug-likeness (QED) is 0.833. The van der Waals surface area contributed by atoms with Crippen LogP contribution in [0.2, 0.25) is 0 Å². The Morgan fingerprint density at radius 2 is 1.94 bits per heavy atom. The first-order valence-electron chi connectivity index (χ1n) is 5.54.